The number of piperazine rings is 1. The Kier molecular flexibility index (Phi) is 6.51. The first-order valence-electron chi connectivity index (χ1n) is 9.25. The maximum Gasteiger partial charge on any atom is 0.289 e. The number of nitro groups is 1. The highest BCUT2D eigenvalue weighted by Crippen LogP contribution is 2.29. The van der Waals surface area contributed by atoms with Gasteiger partial charge in [0.1, 0.15) is 17.4 Å². The Morgan fingerprint density at radius 3 is 2.61 bits per heavy atom. The zero-order valence-corrected chi connectivity index (χ0v) is 16.6. The smallest absolute Gasteiger partial charge is 0.289 e. The lowest BCUT2D eigenvalue weighted by Gasteiger charge is -2.33. The van der Waals surface area contributed by atoms with Gasteiger partial charge in [-0.15, -0.1) is 0 Å². The Bertz CT molecular complexity index is 1050. The quantitative estimate of drug-likeness (QED) is 0.320. The van der Waals surface area contributed by atoms with E-state index in [9.17, 15) is 25.0 Å². The molecule has 31 heavy (non-hydrogen) atoms. The van der Waals surface area contributed by atoms with Gasteiger partial charge < -0.3 is 24.3 Å². The summed E-state index contributed by atoms with van der Waals surface area (Å²) in [6.45, 7) is 1.69. The van der Waals surface area contributed by atoms with Gasteiger partial charge in [-0.1, -0.05) is 0 Å². The van der Waals surface area contributed by atoms with Gasteiger partial charge in [-0.25, -0.2) is 0 Å². The molecule has 0 radical (unpaired) electrons. The van der Waals surface area contributed by atoms with Gasteiger partial charge in [-0.2, -0.15) is 5.26 Å². The Morgan fingerprint density at radius 2 is 2.03 bits per heavy atom. The highest BCUT2D eigenvalue weighted by Gasteiger charge is 2.23. The zero-order chi connectivity index (χ0) is 22.4. The summed E-state index contributed by atoms with van der Waals surface area (Å²) >= 11 is 0. The monoisotopic (exact) mass is 425 g/mol. The summed E-state index contributed by atoms with van der Waals surface area (Å²) in [5.41, 5.74) is -0.132. The highest BCUT2D eigenvalue weighted by molar-refractivity contribution is 6.07. The largest absolute Gasteiger partial charge is 0.494 e. The number of nitro benzene ring substituents is 1. The van der Waals surface area contributed by atoms with E-state index in [0.717, 1.165) is 0 Å². The number of anilines is 1. The average Bonchev–Trinajstić information content (AvgIpc) is 3.32. The number of hydrogen-bond acceptors (Lipinski definition) is 8. The number of carbonyl (C=O) groups excluding carboxylic acids is 2. The summed E-state index contributed by atoms with van der Waals surface area (Å²) < 4.78 is 10.2. The summed E-state index contributed by atoms with van der Waals surface area (Å²) in [5, 5.41) is 22.8. The fourth-order valence-electron chi connectivity index (χ4n) is 3.02. The molecule has 11 nitrogen and oxygen atoms in total. The number of hydrogen-bond donors (Lipinski definition) is 1. The lowest BCUT2D eigenvalue weighted by atomic mass is 10.2. The Hall–Kier alpha value is -4.33. The van der Waals surface area contributed by atoms with Crippen molar-refractivity contribution in [1.82, 2.24) is 9.80 Å². The van der Waals surface area contributed by atoms with Crippen molar-refractivity contribution in [3.8, 4) is 11.8 Å². The molecule has 2 amide bonds. The number of nitrogens with one attached hydrogen (secondary N) is 1. The van der Waals surface area contributed by atoms with Gasteiger partial charge >= 0.3 is 0 Å². The molecule has 1 aromatic carbocycles. The van der Waals surface area contributed by atoms with Crippen molar-refractivity contribution in [2.45, 2.75) is 0 Å². The fraction of sp³-hybridized carbons (Fsp3) is 0.250. The number of furan rings is 1. The van der Waals surface area contributed by atoms with E-state index in [4.69, 9.17) is 9.15 Å². The molecule has 1 aromatic heterocycles. The molecule has 1 fully saturated rings. The first-order valence-corrected chi connectivity index (χ1v) is 9.25. The van der Waals surface area contributed by atoms with Crippen LogP contribution in [-0.4, -0.2) is 59.8 Å². The maximum absolute atomic E-state index is 12.5. The van der Waals surface area contributed by atoms with Gasteiger partial charge in [-0.3, -0.25) is 19.7 Å². The number of non-ortho nitro benzene ring substituents is 1. The number of nitrogens with zero attached hydrogens (tertiary/aromatic N) is 4. The van der Waals surface area contributed by atoms with E-state index < -0.39 is 10.8 Å². The molecule has 11 heteroatoms. The summed E-state index contributed by atoms with van der Waals surface area (Å²) in [6.07, 6.45) is 2.87. The Morgan fingerprint density at radius 1 is 1.29 bits per heavy atom. The SMILES string of the molecule is COc1cc([N+](=O)[O-])ccc1NC(=O)/C(C#N)=C\N1CCN(C(=O)c2ccco2)CC1. The molecule has 0 unspecified atom stereocenters. The van der Waals surface area contributed by atoms with Crippen LogP contribution in [0.3, 0.4) is 0 Å². The topological polar surface area (TPSA) is 142 Å². The van der Waals surface area contributed by atoms with Gasteiger partial charge in [0.15, 0.2) is 5.76 Å². The van der Waals surface area contributed by atoms with E-state index in [-0.39, 0.29) is 34.4 Å². The van der Waals surface area contributed by atoms with Crippen LogP contribution in [0.5, 0.6) is 5.75 Å². The third-order valence-electron chi connectivity index (χ3n) is 4.65. The first kappa shape index (κ1) is 21.4. The zero-order valence-electron chi connectivity index (χ0n) is 16.6. The normalized spacial score (nSPS) is 14.0. The van der Waals surface area contributed by atoms with Crippen LogP contribution in [0.4, 0.5) is 11.4 Å². The molecule has 0 spiro atoms. The Balaban J connectivity index is 1.64. The molecule has 160 valence electrons. The second-order valence-corrected chi connectivity index (χ2v) is 6.56. The molecule has 0 bridgehead atoms. The van der Waals surface area contributed by atoms with Crippen LogP contribution in [0.15, 0.2) is 52.8 Å². The molecule has 1 N–H and O–H groups in total. The van der Waals surface area contributed by atoms with Crippen LogP contribution >= 0.6 is 0 Å². The minimum absolute atomic E-state index is 0.102. The van der Waals surface area contributed by atoms with Crippen LogP contribution < -0.4 is 10.1 Å². The van der Waals surface area contributed by atoms with Crippen LogP contribution in [0, 0.1) is 21.4 Å². The molecule has 0 atom stereocenters. The number of rotatable bonds is 6. The van der Waals surface area contributed by atoms with Gasteiger partial charge in [0.25, 0.3) is 17.5 Å². The number of carbonyl (C=O) groups is 2. The number of ether oxygens (including phenoxy) is 1. The lowest BCUT2D eigenvalue weighted by molar-refractivity contribution is -0.384. The molecular weight excluding hydrogens is 406 g/mol. The van der Waals surface area contributed by atoms with Crippen LogP contribution in [0.25, 0.3) is 0 Å². The molecule has 3 rings (SSSR count). The molecule has 2 heterocycles. The van der Waals surface area contributed by atoms with Crippen molar-refractivity contribution in [1.29, 1.82) is 5.26 Å². The molecular formula is C20H19N5O6. The second kappa shape index (κ2) is 9.45. The van der Waals surface area contributed by atoms with Gasteiger partial charge in [0.05, 0.1) is 30.1 Å². The summed E-state index contributed by atoms with van der Waals surface area (Å²) in [4.78, 5) is 38.6. The summed E-state index contributed by atoms with van der Waals surface area (Å²) in [7, 11) is 1.32. The maximum atomic E-state index is 12.5. The fourth-order valence-corrected chi connectivity index (χ4v) is 3.02. The van der Waals surface area contributed by atoms with E-state index >= 15 is 0 Å². The predicted molar refractivity (Wildman–Crippen MR) is 108 cm³/mol. The van der Waals surface area contributed by atoms with Crippen molar-refractivity contribution in [2.75, 3.05) is 38.6 Å². The minimum Gasteiger partial charge on any atom is -0.494 e. The highest BCUT2D eigenvalue weighted by atomic mass is 16.6. The van der Waals surface area contributed by atoms with Crippen LogP contribution in [-0.2, 0) is 4.79 Å². The molecule has 2 aromatic rings. The molecule has 0 aliphatic carbocycles. The van der Waals surface area contributed by atoms with Crippen molar-refractivity contribution in [2.24, 2.45) is 0 Å². The average molecular weight is 425 g/mol. The van der Waals surface area contributed by atoms with Crippen molar-refractivity contribution < 1.29 is 23.7 Å². The summed E-state index contributed by atoms with van der Waals surface area (Å²) in [5.74, 6) is -0.524. The van der Waals surface area contributed by atoms with Gasteiger partial charge in [0.2, 0.25) is 0 Å². The van der Waals surface area contributed by atoms with Crippen molar-refractivity contribution in [3.63, 3.8) is 0 Å². The molecule has 1 aliphatic rings. The Labute approximate surface area is 177 Å². The molecule has 0 saturated carbocycles. The third-order valence-corrected chi connectivity index (χ3v) is 4.65. The lowest BCUT2D eigenvalue weighted by Crippen LogP contribution is -2.47. The summed E-state index contributed by atoms with van der Waals surface area (Å²) in [6, 6.07) is 8.84. The standard InChI is InChI=1S/C20H19N5O6/c1-30-18-11-15(25(28)29)4-5-16(18)22-19(26)14(12-21)13-23-6-8-24(9-7-23)20(27)17-3-2-10-31-17/h2-5,10-11,13H,6-9H2,1H3,(H,22,26)/b14-13-. The van der Waals surface area contributed by atoms with E-state index in [2.05, 4.69) is 5.32 Å². The van der Waals surface area contributed by atoms with E-state index in [1.165, 1.54) is 37.8 Å². The van der Waals surface area contributed by atoms with E-state index in [1.807, 2.05) is 6.07 Å². The van der Waals surface area contributed by atoms with Gasteiger partial charge in [0, 0.05) is 38.4 Å². The number of amides is 2. The number of benzene rings is 1. The third kappa shape index (κ3) is 4.99. The van der Waals surface area contributed by atoms with Crippen molar-refractivity contribution in [3.05, 3.63) is 64.2 Å². The van der Waals surface area contributed by atoms with Crippen LogP contribution in [0.1, 0.15) is 10.6 Å². The molecule has 1 saturated heterocycles. The molecule has 1 aliphatic heterocycles. The number of methoxy groups -OCH3 is 1. The van der Waals surface area contributed by atoms with Crippen LogP contribution in [0.2, 0.25) is 0 Å². The van der Waals surface area contributed by atoms with E-state index in [1.54, 1.807) is 21.9 Å². The predicted octanol–water partition coefficient (Wildman–Crippen LogP) is 2.00. The minimum atomic E-state index is -0.677. The van der Waals surface area contributed by atoms with Gasteiger partial charge in [-0.05, 0) is 18.2 Å². The van der Waals surface area contributed by atoms with Crippen molar-refractivity contribution >= 4 is 23.2 Å². The first-order chi connectivity index (χ1) is 14.9. The second-order valence-electron chi connectivity index (χ2n) is 6.56. The number of nitriles is 1. The van der Waals surface area contributed by atoms with E-state index in [0.29, 0.717) is 26.2 Å².